The lowest BCUT2D eigenvalue weighted by Gasteiger charge is -2.17. The highest BCUT2D eigenvalue weighted by molar-refractivity contribution is 5.93. The summed E-state index contributed by atoms with van der Waals surface area (Å²) in [7, 11) is 3.11. The van der Waals surface area contributed by atoms with Crippen LogP contribution in [-0.4, -0.2) is 43.2 Å². The van der Waals surface area contributed by atoms with Gasteiger partial charge in [-0.05, 0) is 31.2 Å². The predicted octanol–water partition coefficient (Wildman–Crippen LogP) is 0.984. The van der Waals surface area contributed by atoms with Gasteiger partial charge in [-0.2, -0.15) is 0 Å². The quantitative estimate of drug-likeness (QED) is 0.527. The number of hydrogen-bond acceptors (Lipinski definition) is 5. The van der Waals surface area contributed by atoms with Crippen LogP contribution in [-0.2, 0) is 11.3 Å². The summed E-state index contributed by atoms with van der Waals surface area (Å²) in [6, 6.07) is 12.4. The van der Waals surface area contributed by atoms with Crippen molar-refractivity contribution >= 4 is 22.5 Å². The molecule has 0 spiro atoms. The minimum absolute atomic E-state index is 0.159. The molecule has 0 fully saturated rings. The summed E-state index contributed by atoms with van der Waals surface area (Å²) in [5.41, 5.74) is 1.05. The highest BCUT2D eigenvalue weighted by Crippen LogP contribution is 2.28. The van der Waals surface area contributed by atoms with Gasteiger partial charge in [0, 0.05) is 6.07 Å². The maximum Gasteiger partial charge on any atom is 0.279 e. The van der Waals surface area contributed by atoms with Gasteiger partial charge in [-0.15, -0.1) is 0 Å². The normalized spacial score (nSPS) is 11.8. The molecule has 0 aliphatic heterocycles. The van der Waals surface area contributed by atoms with E-state index in [0.29, 0.717) is 47.0 Å². The van der Waals surface area contributed by atoms with Gasteiger partial charge in [-0.25, -0.2) is 4.98 Å². The Balaban J connectivity index is 1.70. The second-order valence-corrected chi connectivity index (χ2v) is 6.60. The molecule has 3 rings (SSSR count). The molecule has 0 saturated carbocycles. The minimum Gasteiger partial charge on any atom is -0.497 e. The molecule has 1 aromatic heterocycles. The highest BCUT2D eigenvalue weighted by Gasteiger charge is 2.17. The molecule has 1 amide bonds. The predicted molar refractivity (Wildman–Crippen MR) is 111 cm³/mol. The van der Waals surface area contributed by atoms with Crippen molar-refractivity contribution in [1.82, 2.24) is 9.97 Å². The Morgan fingerprint density at radius 3 is 2.69 bits per heavy atom. The SMILES string of the molecule is CC[NH+](CC(=O)Nc1ccc(OC)cc1OC)Cc1nc2ccccc2c(=O)[nH]1. The third-order valence-electron chi connectivity index (χ3n) is 4.67. The standard InChI is InChI=1S/C21H24N4O4/c1-4-25(12-19-22-16-8-6-5-7-15(16)21(27)24-19)13-20(26)23-17-10-9-14(28-2)11-18(17)29-3/h5-11H,4,12-13H2,1-3H3,(H,23,26)(H,22,24,27)/p+1. The number of H-pyrrole nitrogens is 1. The zero-order valence-corrected chi connectivity index (χ0v) is 16.7. The van der Waals surface area contributed by atoms with E-state index in [0.717, 1.165) is 4.90 Å². The van der Waals surface area contributed by atoms with Gasteiger partial charge >= 0.3 is 0 Å². The number of quaternary nitrogens is 1. The number of anilines is 1. The van der Waals surface area contributed by atoms with Crippen molar-refractivity contribution in [3.8, 4) is 11.5 Å². The number of fused-ring (bicyclic) bond motifs is 1. The van der Waals surface area contributed by atoms with Crippen LogP contribution in [0.3, 0.4) is 0 Å². The highest BCUT2D eigenvalue weighted by atomic mass is 16.5. The van der Waals surface area contributed by atoms with Crippen LogP contribution in [0.2, 0.25) is 0 Å². The summed E-state index contributed by atoms with van der Waals surface area (Å²) < 4.78 is 10.5. The summed E-state index contributed by atoms with van der Waals surface area (Å²) in [6.07, 6.45) is 0. The molecular formula is C21H25N4O4+. The molecule has 0 aliphatic carbocycles. The fourth-order valence-corrected chi connectivity index (χ4v) is 3.09. The first-order valence-electron chi connectivity index (χ1n) is 9.37. The molecule has 0 bridgehead atoms. The molecule has 1 heterocycles. The molecule has 0 aliphatic rings. The lowest BCUT2D eigenvalue weighted by molar-refractivity contribution is -0.904. The lowest BCUT2D eigenvalue weighted by Crippen LogP contribution is -3.11. The van der Waals surface area contributed by atoms with Gasteiger partial charge in [0.15, 0.2) is 12.4 Å². The second-order valence-electron chi connectivity index (χ2n) is 6.60. The van der Waals surface area contributed by atoms with Crippen molar-refractivity contribution in [2.45, 2.75) is 13.5 Å². The molecule has 1 atom stereocenters. The average Bonchev–Trinajstić information content (AvgIpc) is 2.73. The van der Waals surface area contributed by atoms with Crippen LogP contribution < -0.4 is 25.2 Å². The van der Waals surface area contributed by atoms with Gasteiger partial charge in [0.2, 0.25) is 0 Å². The number of aromatic amines is 1. The van der Waals surface area contributed by atoms with Crippen molar-refractivity contribution < 1.29 is 19.2 Å². The van der Waals surface area contributed by atoms with Crippen molar-refractivity contribution in [2.24, 2.45) is 0 Å². The van der Waals surface area contributed by atoms with Gasteiger partial charge in [-0.1, -0.05) is 12.1 Å². The molecule has 152 valence electrons. The van der Waals surface area contributed by atoms with Crippen LogP contribution >= 0.6 is 0 Å². The number of hydrogen-bond donors (Lipinski definition) is 3. The number of amides is 1. The number of methoxy groups -OCH3 is 2. The topological polar surface area (TPSA) is 97.8 Å². The van der Waals surface area contributed by atoms with E-state index in [1.165, 1.54) is 7.11 Å². The van der Waals surface area contributed by atoms with E-state index in [-0.39, 0.29) is 18.0 Å². The second kappa shape index (κ2) is 9.20. The monoisotopic (exact) mass is 397 g/mol. The first kappa shape index (κ1) is 20.3. The smallest absolute Gasteiger partial charge is 0.279 e. The Morgan fingerprint density at radius 2 is 1.97 bits per heavy atom. The lowest BCUT2D eigenvalue weighted by atomic mass is 10.2. The average molecular weight is 397 g/mol. The molecule has 1 unspecified atom stereocenters. The van der Waals surface area contributed by atoms with Gasteiger partial charge in [0.25, 0.3) is 11.5 Å². The molecule has 8 heteroatoms. The van der Waals surface area contributed by atoms with Crippen molar-refractivity contribution in [3.05, 3.63) is 58.6 Å². The van der Waals surface area contributed by atoms with E-state index in [1.807, 2.05) is 19.1 Å². The number of nitrogens with one attached hydrogen (secondary N) is 3. The van der Waals surface area contributed by atoms with Gasteiger partial charge in [0.1, 0.15) is 18.0 Å². The molecule has 3 aromatic rings. The Kier molecular flexibility index (Phi) is 6.46. The van der Waals surface area contributed by atoms with Crippen LogP contribution in [0.1, 0.15) is 12.7 Å². The minimum atomic E-state index is -0.173. The van der Waals surface area contributed by atoms with Gasteiger partial charge < -0.3 is 24.7 Å². The number of ether oxygens (including phenoxy) is 2. The molecular weight excluding hydrogens is 372 g/mol. The molecule has 0 saturated heterocycles. The third-order valence-corrected chi connectivity index (χ3v) is 4.67. The first-order chi connectivity index (χ1) is 14.0. The Morgan fingerprint density at radius 1 is 1.17 bits per heavy atom. The van der Waals surface area contributed by atoms with Gasteiger partial charge in [0.05, 0.1) is 37.4 Å². The van der Waals surface area contributed by atoms with Crippen LogP contribution in [0.25, 0.3) is 10.9 Å². The van der Waals surface area contributed by atoms with Crippen LogP contribution in [0.4, 0.5) is 5.69 Å². The summed E-state index contributed by atoms with van der Waals surface area (Å²) in [5.74, 6) is 1.57. The summed E-state index contributed by atoms with van der Waals surface area (Å²) in [5, 5.41) is 3.43. The van der Waals surface area contributed by atoms with Crippen LogP contribution in [0.5, 0.6) is 11.5 Å². The van der Waals surface area contributed by atoms with E-state index < -0.39 is 0 Å². The number of carbonyl (C=O) groups excluding carboxylic acids is 1. The van der Waals surface area contributed by atoms with Gasteiger partial charge in [-0.3, -0.25) is 9.59 Å². The van der Waals surface area contributed by atoms with Crippen molar-refractivity contribution in [2.75, 3.05) is 32.6 Å². The zero-order valence-electron chi connectivity index (χ0n) is 16.7. The fourth-order valence-electron chi connectivity index (χ4n) is 3.09. The zero-order chi connectivity index (χ0) is 20.8. The van der Waals surface area contributed by atoms with E-state index in [2.05, 4.69) is 15.3 Å². The first-order valence-corrected chi connectivity index (χ1v) is 9.37. The summed E-state index contributed by atoms with van der Waals surface area (Å²) in [4.78, 5) is 33.1. The molecule has 8 nitrogen and oxygen atoms in total. The number of aromatic nitrogens is 2. The molecule has 0 radical (unpaired) electrons. The van der Waals surface area contributed by atoms with Crippen molar-refractivity contribution in [1.29, 1.82) is 0 Å². The van der Waals surface area contributed by atoms with Crippen molar-refractivity contribution in [3.63, 3.8) is 0 Å². The van der Waals surface area contributed by atoms with E-state index >= 15 is 0 Å². The number of para-hydroxylation sites is 1. The number of carbonyl (C=O) groups is 1. The maximum atomic E-state index is 12.6. The summed E-state index contributed by atoms with van der Waals surface area (Å²) >= 11 is 0. The molecule has 3 N–H and O–H groups in total. The van der Waals surface area contributed by atoms with Crippen LogP contribution in [0.15, 0.2) is 47.3 Å². The summed E-state index contributed by atoms with van der Waals surface area (Å²) in [6.45, 7) is 3.34. The van der Waals surface area contributed by atoms with E-state index in [1.54, 1.807) is 37.4 Å². The molecule has 2 aromatic carbocycles. The van der Waals surface area contributed by atoms with E-state index in [9.17, 15) is 9.59 Å². The number of nitrogens with zero attached hydrogens (tertiary/aromatic N) is 1. The largest absolute Gasteiger partial charge is 0.497 e. The Hall–Kier alpha value is -3.39. The fraction of sp³-hybridized carbons (Fsp3) is 0.286. The maximum absolute atomic E-state index is 12.6. The number of likely N-dealkylation sites (N-methyl/N-ethyl adjacent to an activating group) is 1. The number of benzene rings is 2. The Bertz CT molecular complexity index is 1060. The molecule has 29 heavy (non-hydrogen) atoms. The number of rotatable bonds is 8. The van der Waals surface area contributed by atoms with Crippen LogP contribution in [0, 0.1) is 0 Å². The Labute approximate surface area is 168 Å². The van der Waals surface area contributed by atoms with E-state index in [4.69, 9.17) is 9.47 Å². The third kappa shape index (κ3) is 4.91.